The second-order valence-electron chi connectivity index (χ2n) is 5.25. The van der Waals surface area contributed by atoms with E-state index in [0.29, 0.717) is 11.3 Å². The first-order chi connectivity index (χ1) is 10.9. The minimum absolute atomic E-state index is 0.0845. The summed E-state index contributed by atoms with van der Waals surface area (Å²) in [6.07, 6.45) is 1.44. The number of carbonyl (C=O) groups excluding carboxylic acids is 3. The number of methoxy groups -OCH3 is 1. The number of fused-ring (bicyclic) bond motifs is 2. The van der Waals surface area contributed by atoms with Gasteiger partial charge in [-0.1, -0.05) is 0 Å². The maximum absolute atomic E-state index is 13.5. The molecule has 1 aromatic carbocycles. The summed E-state index contributed by atoms with van der Waals surface area (Å²) >= 11 is 0. The van der Waals surface area contributed by atoms with Crippen molar-refractivity contribution in [2.45, 2.75) is 5.60 Å². The molecule has 1 saturated heterocycles. The highest BCUT2D eigenvalue weighted by Gasteiger charge is 2.53. The predicted octanol–water partition coefficient (Wildman–Crippen LogP) is 1.15. The third-order valence-corrected chi connectivity index (χ3v) is 3.76. The van der Waals surface area contributed by atoms with Crippen LogP contribution >= 0.6 is 0 Å². The van der Waals surface area contributed by atoms with E-state index in [2.05, 4.69) is 10.1 Å². The van der Waals surface area contributed by atoms with Gasteiger partial charge in [0.1, 0.15) is 5.82 Å². The van der Waals surface area contributed by atoms with Crippen LogP contribution in [0.25, 0.3) is 0 Å². The number of esters is 1. The van der Waals surface area contributed by atoms with Crippen molar-refractivity contribution in [3.63, 3.8) is 0 Å². The molecule has 0 bridgehead atoms. The number of ether oxygens (including phenoxy) is 2. The van der Waals surface area contributed by atoms with Gasteiger partial charge in [-0.2, -0.15) is 0 Å². The Labute approximate surface area is 130 Å². The summed E-state index contributed by atoms with van der Waals surface area (Å²) in [4.78, 5) is 35.9. The highest BCUT2D eigenvalue weighted by molar-refractivity contribution is 5.95. The molecule has 0 atom stereocenters. The van der Waals surface area contributed by atoms with E-state index < -0.39 is 29.4 Å². The molecule has 1 N–H and O–H groups in total. The Morgan fingerprint density at radius 3 is 2.83 bits per heavy atom. The van der Waals surface area contributed by atoms with Gasteiger partial charge in [0.2, 0.25) is 5.91 Å². The molecule has 0 saturated carbocycles. The number of carbonyl (C=O) groups is 3. The molecule has 2 aliphatic rings. The summed E-state index contributed by atoms with van der Waals surface area (Å²) in [7, 11) is 1.20. The van der Waals surface area contributed by atoms with Crippen LogP contribution in [0, 0.1) is 5.82 Å². The van der Waals surface area contributed by atoms with Gasteiger partial charge < -0.3 is 14.4 Å². The Kier molecular flexibility index (Phi) is 3.51. The van der Waals surface area contributed by atoms with Gasteiger partial charge in [-0.25, -0.2) is 14.0 Å². The summed E-state index contributed by atoms with van der Waals surface area (Å²) in [5, 5.41) is 2.50. The van der Waals surface area contributed by atoms with E-state index in [4.69, 9.17) is 4.74 Å². The summed E-state index contributed by atoms with van der Waals surface area (Å²) in [6.45, 7) is 0.169. The van der Waals surface area contributed by atoms with Crippen molar-refractivity contribution in [1.29, 1.82) is 0 Å². The van der Waals surface area contributed by atoms with Crippen LogP contribution in [0.2, 0.25) is 0 Å². The molecular weight excluding hydrogens is 307 g/mol. The number of nitrogens with one attached hydrogen (secondary N) is 1. The number of benzene rings is 1. The van der Waals surface area contributed by atoms with Crippen LogP contribution in [0.4, 0.5) is 14.9 Å². The smallest absolute Gasteiger partial charge is 0.412 e. The largest absolute Gasteiger partial charge is 0.466 e. The van der Waals surface area contributed by atoms with Crippen LogP contribution in [0.1, 0.15) is 5.56 Å². The molecule has 2 heterocycles. The van der Waals surface area contributed by atoms with E-state index in [1.807, 2.05) is 0 Å². The normalized spacial score (nSPS) is 18.0. The molecule has 3 rings (SSSR count). The minimum Gasteiger partial charge on any atom is -0.466 e. The Morgan fingerprint density at radius 1 is 1.39 bits per heavy atom. The molecule has 1 fully saturated rings. The molecule has 2 aliphatic heterocycles. The summed E-state index contributed by atoms with van der Waals surface area (Å²) in [5.41, 5.74) is -0.118. The number of anilines is 1. The van der Waals surface area contributed by atoms with Gasteiger partial charge in [-0.05, 0) is 18.2 Å². The van der Waals surface area contributed by atoms with Crippen LogP contribution in [-0.2, 0) is 24.7 Å². The molecule has 2 amide bonds. The van der Waals surface area contributed by atoms with Crippen molar-refractivity contribution < 1.29 is 28.2 Å². The predicted molar refractivity (Wildman–Crippen MR) is 75.9 cm³/mol. The first kappa shape index (κ1) is 15.0. The monoisotopic (exact) mass is 320 g/mol. The lowest BCUT2D eigenvalue weighted by Crippen LogP contribution is -2.64. The number of hydrogen-bond donors (Lipinski definition) is 1. The molecule has 8 heteroatoms. The highest BCUT2D eigenvalue weighted by atomic mass is 19.1. The number of nitrogens with zero attached hydrogens (tertiary/aromatic N) is 1. The minimum atomic E-state index is -1.06. The number of rotatable bonds is 2. The first-order valence-corrected chi connectivity index (χ1v) is 6.78. The quantitative estimate of drug-likeness (QED) is 0.653. The molecule has 0 unspecified atom stereocenters. The molecular formula is C15H13FN2O5. The van der Waals surface area contributed by atoms with Gasteiger partial charge in [0.25, 0.3) is 0 Å². The molecule has 120 valence electrons. The van der Waals surface area contributed by atoms with Gasteiger partial charge in [0.15, 0.2) is 5.60 Å². The highest BCUT2D eigenvalue weighted by Crippen LogP contribution is 2.43. The molecule has 0 aliphatic carbocycles. The van der Waals surface area contributed by atoms with Gasteiger partial charge in [-0.15, -0.1) is 0 Å². The number of halogens is 1. The SMILES string of the molecule is COC(=O)/C=C/C(=O)N1CC2(C1)OC(=O)Nc1ccc(F)cc12. The van der Waals surface area contributed by atoms with Crippen molar-refractivity contribution in [3.05, 3.63) is 41.7 Å². The fourth-order valence-corrected chi connectivity index (χ4v) is 2.64. The Morgan fingerprint density at radius 2 is 2.13 bits per heavy atom. The molecule has 7 nitrogen and oxygen atoms in total. The maximum atomic E-state index is 13.5. The van der Waals surface area contributed by atoms with E-state index in [9.17, 15) is 18.8 Å². The van der Waals surface area contributed by atoms with Crippen LogP contribution in [0.3, 0.4) is 0 Å². The first-order valence-electron chi connectivity index (χ1n) is 6.78. The fourth-order valence-electron chi connectivity index (χ4n) is 2.64. The zero-order chi connectivity index (χ0) is 16.6. The molecule has 1 aromatic rings. The molecule has 1 spiro atoms. The van der Waals surface area contributed by atoms with E-state index >= 15 is 0 Å². The maximum Gasteiger partial charge on any atom is 0.412 e. The van der Waals surface area contributed by atoms with E-state index in [1.165, 1.54) is 30.2 Å². The lowest BCUT2D eigenvalue weighted by molar-refractivity contribution is -0.152. The summed E-state index contributed by atoms with van der Waals surface area (Å²) in [6, 6.07) is 3.97. The third kappa shape index (κ3) is 2.63. The molecule has 0 radical (unpaired) electrons. The van der Waals surface area contributed by atoms with E-state index in [1.54, 1.807) is 0 Å². The fraction of sp³-hybridized carbons (Fsp3) is 0.267. The Hall–Kier alpha value is -2.90. The second-order valence-corrected chi connectivity index (χ2v) is 5.25. The van der Waals surface area contributed by atoms with Crippen molar-refractivity contribution in [3.8, 4) is 0 Å². The molecule has 23 heavy (non-hydrogen) atoms. The third-order valence-electron chi connectivity index (χ3n) is 3.76. The second kappa shape index (κ2) is 5.38. The van der Waals surface area contributed by atoms with E-state index in [-0.39, 0.29) is 13.1 Å². The van der Waals surface area contributed by atoms with Gasteiger partial charge in [0.05, 0.1) is 25.9 Å². The van der Waals surface area contributed by atoms with Crippen LogP contribution in [-0.4, -0.2) is 43.1 Å². The number of amides is 2. The van der Waals surface area contributed by atoms with Crippen molar-refractivity contribution >= 4 is 23.7 Å². The average Bonchev–Trinajstić information content (AvgIpc) is 2.49. The average molecular weight is 320 g/mol. The summed E-state index contributed by atoms with van der Waals surface area (Å²) in [5.74, 6) is -1.53. The van der Waals surface area contributed by atoms with Crippen molar-refractivity contribution in [2.75, 3.05) is 25.5 Å². The Bertz CT molecular complexity index is 725. The lowest BCUT2D eigenvalue weighted by Gasteiger charge is -2.50. The lowest BCUT2D eigenvalue weighted by atomic mass is 9.83. The van der Waals surface area contributed by atoms with Gasteiger partial charge >= 0.3 is 12.1 Å². The van der Waals surface area contributed by atoms with Crippen LogP contribution in [0.15, 0.2) is 30.4 Å². The van der Waals surface area contributed by atoms with Crippen molar-refractivity contribution in [2.24, 2.45) is 0 Å². The topological polar surface area (TPSA) is 84.9 Å². The zero-order valence-electron chi connectivity index (χ0n) is 12.2. The van der Waals surface area contributed by atoms with Crippen LogP contribution < -0.4 is 5.32 Å². The van der Waals surface area contributed by atoms with E-state index in [0.717, 1.165) is 12.2 Å². The summed E-state index contributed by atoms with van der Waals surface area (Å²) < 4.78 is 23.2. The zero-order valence-corrected chi connectivity index (χ0v) is 12.2. The van der Waals surface area contributed by atoms with Crippen LogP contribution in [0.5, 0.6) is 0 Å². The van der Waals surface area contributed by atoms with Crippen molar-refractivity contribution in [1.82, 2.24) is 4.90 Å². The standard InChI is InChI=1S/C15H13FN2O5/c1-22-13(20)5-4-12(19)18-7-15(8-18)10-6-9(16)2-3-11(10)17-14(21)23-15/h2-6H,7-8H2,1H3,(H,17,21)/b5-4+. The van der Waals surface area contributed by atoms with Gasteiger partial charge in [-0.3, -0.25) is 10.1 Å². The number of likely N-dealkylation sites (tertiary alicyclic amines) is 1. The molecule has 0 aromatic heterocycles. The number of hydrogen-bond acceptors (Lipinski definition) is 5. The Balaban J connectivity index is 1.78. The van der Waals surface area contributed by atoms with Gasteiger partial charge in [0, 0.05) is 17.7 Å².